The fourth-order valence-electron chi connectivity index (χ4n) is 2.19. The molecule has 0 aromatic carbocycles. The van der Waals surface area contributed by atoms with Gasteiger partial charge in [0.15, 0.2) is 5.11 Å². The normalized spacial score (nSPS) is 21.3. The molecular formula is C12H16N2O2S. The summed E-state index contributed by atoms with van der Waals surface area (Å²) in [7, 11) is 0. The average molecular weight is 252 g/mol. The standard InChI is InChI=1S/C12H16N2O2S/c15-10-8-11(16)14(12(17)13-10)7-6-9-4-2-1-3-5-9/h4H,1-3,5-8H2,(H,13,15,17). The van der Waals surface area contributed by atoms with E-state index in [9.17, 15) is 9.59 Å². The van der Waals surface area contributed by atoms with Crippen LogP contribution in [-0.2, 0) is 9.59 Å². The van der Waals surface area contributed by atoms with Crippen LogP contribution < -0.4 is 5.32 Å². The molecule has 0 saturated carbocycles. The van der Waals surface area contributed by atoms with Crippen LogP contribution in [0.1, 0.15) is 38.5 Å². The molecule has 1 saturated heterocycles. The highest BCUT2D eigenvalue weighted by molar-refractivity contribution is 7.80. The van der Waals surface area contributed by atoms with E-state index in [-0.39, 0.29) is 23.3 Å². The maximum Gasteiger partial charge on any atom is 0.238 e. The average Bonchev–Trinajstić information content (AvgIpc) is 2.29. The first-order chi connectivity index (χ1) is 8.16. The van der Waals surface area contributed by atoms with Crippen LogP contribution in [0.15, 0.2) is 11.6 Å². The molecular weight excluding hydrogens is 236 g/mol. The number of hydrogen-bond acceptors (Lipinski definition) is 3. The van der Waals surface area contributed by atoms with Crippen molar-refractivity contribution in [2.45, 2.75) is 38.5 Å². The number of carbonyl (C=O) groups excluding carboxylic acids is 2. The van der Waals surface area contributed by atoms with Crippen molar-refractivity contribution >= 4 is 29.1 Å². The molecule has 1 aliphatic carbocycles. The molecule has 17 heavy (non-hydrogen) atoms. The Bertz CT molecular complexity index is 370. The molecule has 0 atom stereocenters. The predicted molar refractivity (Wildman–Crippen MR) is 68.2 cm³/mol. The zero-order valence-corrected chi connectivity index (χ0v) is 10.5. The van der Waals surface area contributed by atoms with Crippen molar-refractivity contribution < 1.29 is 9.59 Å². The van der Waals surface area contributed by atoms with Gasteiger partial charge in [-0.05, 0) is 44.3 Å². The predicted octanol–water partition coefficient (Wildman–Crippen LogP) is 1.51. The quantitative estimate of drug-likeness (QED) is 0.470. The first kappa shape index (κ1) is 12.2. The van der Waals surface area contributed by atoms with E-state index >= 15 is 0 Å². The second-order valence-electron chi connectivity index (χ2n) is 4.43. The fourth-order valence-corrected chi connectivity index (χ4v) is 2.50. The molecule has 0 aromatic heterocycles. The minimum absolute atomic E-state index is 0.0841. The zero-order chi connectivity index (χ0) is 12.3. The minimum Gasteiger partial charge on any atom is -0.302 e. The molecule has 0 unspecified atom stereocenters. The van der Waals surface area contributed by atoms with Crippen molar-refractivity contribution in [1.29, 1.82) is 0 Å². The maximum atomic E-state index is 11.6. The summed E-state index contributed by atoms with van der Waals surface area (Å²) in [6.07, 6.45) is 7.81. The summed E-state index contributed by atoms with van der Waals surface area (Å²) in [6, 6.07) is 0. The highest BCUT2D eigenvalue weighted by Gasteiger charge is 2.27. The first-order valence-electron chi connectivity index (χ1n) is 5.99. The van der Waals surface area contributed by atoms with Gasteiger partial charge >= 0.3 is 0 Å². The Labute approximate surface area is 106 Å². The van der Waals surface area contributed by atoms with E-state index in [2.05, 4.69) is 11.4 Å². The molecule has 4 nitrogen and oxygen atoms in total. The van der Waals surface area contributed by atoms with Crippen LogP contribution in [-0.4, -0.2) is 28.4 Å². The summed E-state index contributed by atoms with van der Waals surface area (Å²) in [6.45, 7) is 0.587. The lowest BCUT2D eigenvalue weighted by atomic mass is 9.97. The molecule has 0 bridgehead atoms. The number of allylic oxidation sites excluding steroid dienone is 1. The van der Waals surface area contributed by atoms with Crippen molar-refractivity contribution in [3.05, 3.63) is 11.6 Å². The third-order valence-corrected chi connectivity index (χ3v) is 3.47. The van der Waals surface area contributed by atoms with E-state index in [0.29, 0.717) is 6.54 Å². The summed E-state index contributed by atoms with van der Waals surface area (Å²) < 4.78 is 0. The van der Waals surface area contributed by atoms with E-state index in [0.717, 1.165) is 19.3 Å². The second-order valence-corrected chi connectivity index (χ2v) is 4.82. The monoisotopic (exact) mass is 252 g/mol. The SMILES string of the molecule is O=C1CC(=O)N(CCC2=CCCCC2)C(=S)N1. The summed E-state index contributed by atoms with van der Waals surface area (Å²) in [5.74, 6) is -0.483. The number of thiocarbonyl (C=S) groups is 1. The molecule has 2 rings (SSSR count). The summed E-state index contributed by atoms with van der Waals surface area (Å²) >= 11 is 5.00. The van der Waals surface area contributed by atoms with Gasteiger partial charge in [-0.1, -0.05) is 11.6 Å². The van der Waals surface area contributed by atoms with Crippen LogP contribution in [0.3, 0.4) is 0 Å². The molecule has 2 aliphatic rings. The molecule has 0 radical (unpaired) electrons. The van der Waals surface area contributed by atoms with Gasteiger partial charge in [0, 0.05) is 6.54 Å². The van der Waals surface area contributed by atoms with Gasteiger partial charge in [-0.25, -0.2) is 0 Å². The largest absolute Gasteiger partial charge is 0.302 e. The number of hydrogen-bond donors (Lipinski definition) is 1. The molecule has 5 heteroatoms. The molecule has 1 fully saturated rings. The second kappa shape index (κ2) is 5.40. The van der Waals surface area contributed by atoms with Crippen LogP contribution in [0.2, 0.25) is 0 Å². The Balaban J connectivity index is 1.89. The minimum atomic E-state index is -0.298. The van der Waals surface area contributed by atoms with Crippen LogP contribution in [0.25, 0.3) is 0 Å². The fraction of sp³-hybridized carbons (Fsp3) is 0.583. The molecule has 1 N–H and O–H groups in total. The Morgan fingerprint density at radius 3 is 2.82 bits per heavy atom. The van der Waals surface area contributed by atoms with Crippen molar-refractivity contribution in [3.8, 4) is 0 Å². The Kier molecular flexibility index (Phi) is 3.89. The lowest BCUT2D eigenvalue weighted by Gasteiger charge is -2.28. The Hall–Kier alpha value is -1.23. The number of nitrogens with zero attached hydrogens (tertiary/aromatic N) is 1. The lowest BCUT2D eigenvalue weighted by Crippen LogP contribution is -2.52. The molecule has 2 amide bonds. The van der Waals surface area contributed by atoms with Gasteiger partial charge in [0.2, 0.25) is 11.8 Å². The van der Waals surface area contributed by atoms with Crippen LogP contribution >= 0.6 is 12.2 Å². The van der Waals surface area contributed by atoms with E-state index in [1.54, 1.807) is 0 Å². The molecule has 0 aromatic rings. The summed E-state index contributed by atoms with van der Waals surface area (Å²) in [4.78, 5) is 24.2. The smallest absolute Gasteiger partial charge is 0.238 e. The number of amides is 2. The van der Waals surface area contributed by atoms with Crippen molar-refractivity contribution in [1.82, 2.24) is 10.2 Å². The topological polar surface area (TPSA) is 49.4 Å². The lowest BCUT2D eigenvalue weighted by molar-refractivity contribution is -0.134. The van der Waals surface area contributed by atoms with Gasteiger partial charge < -0.3 is 5.32 Å². The van der Waals surface area contributed by atoms with Crippen molar-refractivity contribution in [2.75, 3.05) is 6.54 Å². The van der Waals surface area contributed by atoms with Crippen LogP contribution in [0, 0.1) is 0 Å². The Morgan fingerprint density at radius 1 is 1.35 bits per heavy atom. The Morgan fingerprint density at radius 2 is 2.18 bits per heavy atom. The molecule has 1 aliphatic heterocycles. The van der Waals surface area contributed by atoms with Gasteiger partial charge in [0.25, 0.3) is 0 Å². The first-order valence-corrected chi connectivity index (χ1v) is 6.40. The molecule has 1 heterocycles. The highest BCUT2D eigenvalue weighted by atomic mass is 32.1. The summed E-state index contributed by atoms with van der Waals surface area (Å²) in [5.41, 5.74) is 1.41. The van der Waals surface area contributed by atoms with Crippen LogP contribution in [0.5, 0.6) is 0 Å². The summed E-state index contributed by atoms with van der Waals surface area (Å²) in [5, 5.41) is 2.78. The third kappa shape index (κ3) is 3.12. The molecule has 92 valence electrons. The van der Waals surface area contributed by atoms with Gasteiger partial charge in [0.1, 0.15) is 6.42 Å². The zero-order valence-electron chi connectivity index (χ0n) is 9.70. The third-order valence-electron chi connectivity index (χ3n) is 3.15. The van der Waals surface area contributed by atoms with Crippen molar-refractivity contribution in [3.63, 3.8) is 0 Å². The maximum absolute atomic E-state index is 11.6. The molecule has 0 spiro atoms. The van der Waals surface area contributed by atoms with E-state index < -0.39 is 0 Å². The number of carbonyl (C=O) groups is 2. The van der Waals surface area contributed by atoms with Crippen LogP contribution in [0.4, 0.5) is 0 Å². The van der Waals surface area contributed by atoms with Gasteiger partial charge in [-0.3, -0.25) is 14.5 Å². The van der Waals surface area contributed by atoms with E-state index in [4.69, 9.17) is 12.2 Å². The van der Waals surface area contributed by atoms with Crippen molar-refractivity contribution in [2.24, 2.45) is 0 Å². The number of nitrogens with one attached hydrogen (secondary N) is 1. The van der Waals surface area contributed by atoms with E-state index in [1.807, 2.05) is 0 Å². The van der Waals surface area contributed by atoms with Gasteiger partial charge in [-0.2, -0.15) is 0 Å². The number of rotatable bonds is 3. The van der Waals surface area contributed by atoms with Gasteiger partial charge in [-0.15, -0.1) is 0 Å². The highest BCUT2D eigenvalue weighted by Crippen LogP contribution is 2.20. The van der Waals surface area contributed by atoms with E-state index in [1.165, 1.54) is 23.3 Å². The van der Waals surface area contributed by atoms with Gasteiger partial charge in [0.05, 0.1) is 0 Å².